The van der Waals surface area contributed by atoms with Crippen molar-refractivity contribution in [1.82, 2.24) is 10.2 Å². The Hall–Kier alpha value is -0.850. The minimum absolute atomic E-state index is 0.0996. The van der Waals surface area contributed by atoms with Crippen LogP contribution in [-0.2, 0) is 14.2 Å². The van der Waals surface area contributed by atoms with Crippen LogP contribution in [0.15, 0.2) is 0 Å². The van der Waals surface area contributed by atoms with Crippen LogP contribution in [0.25, 0.3) is 0 Å². The van der Waals surface area contributed by atoms with Gasteiger partial charge in [-0.2, -0.15) is 0 Å². The average Bonchev–Trinajstić information content (AvgIpc) is 2.31. The summed E-state index contributed by atoms with van der Waals surface area (Å²) in [4.78, 5) is 13.3. The summed E-state index contributed by atoms with van der Waals surface area (Å²) in [7, 11) is 3.07. The number of nitrogens with zero attached hydrogens (tertiary/aromatic N) is 1. The zero-order chi connectivity index (χ0) is 11.1. The summed E-state index contributed by atoms with van der Waals surface area (Å²) in [6, 6.07) is -0.0996. The maximum Gasteiger partial charge on any atom is 0.317 e. The SMILES string of the molecule is COC(CNC(=O)N1CCOCC1)OC. The molecule has 0 radical (unpaired) electrons. The Balaban J connectivity index is 2.22. The highest BCUT2D eigenvalue weighted by Gasteiger charge is 2.17. The van der Waals surface area contributed by atoms with Crippen molar-refractivity contribution in [2.75, 3.05) is 47.1 Å². The summed E-state index contributed by atoms with van der Waals surface area (Å²) in [5, 5.41) is 2.74. The molecule has 6 heteroatoms. The molecule has 1 fully saturated rings. The van der Waals surface area contributed by atoms with Crippen LogP contribution in [0.4, 0.5) is 4.79 Å². The first kappa shape index (κ1) is 12.2. The van der Waals surface area contributed by atoms with Crippen molar-refractivity contribution in [3.8, 4) is 0 Å². The number of hydrogen-bond acceptors (Lipinski definition) is 4. The molecule has 0 aromatic carbocycles. The molecule has 0 aliphatic carbocycles. The number of methoxy groups -OCH3 is 2. The van der Waals surface area contributed by atoms with Gasteiger partial charge in [0, 0.05) is 27.3 Å². The molecular formula is C9H18N2O4. The van der Waals surface area contributed by atoms with Gasteiger partial charge in [-0.1, -0.05) is 0 Å². The Morgan fingerprint density at radius 2 is 2.00 bits per heavy atom. The second kappa shape index (κ2) is 6.60. The summed E-state index contributed by atoms with van der Waals surface area (Å²) in [6.07, 6.45) is -0.394. The average molecular weight is 218 g/mol. The summed E-state index contributed by atoms with van der Waals surface area (Å²) in [6.45, 7) is 2.83. The third-order valence-electron chi connectivity index (χ3n) is 2.24. The predicted octanol–water partition coefficient (Wildman–Crippen LogP) is -0.353. The van der Waals surface area contributed by atoms with Gasteiger partial charge in [0.15, 0.2) is 6.29 Å². The van der Waals surface area contributed by atoms with Gasteiger partial charge in [0.2, 0.25) is 0 Å². The summed E-state index contributed by atoms with van der Waals surface area (Å²) >= 11 is 0. The fourth-order valence-electron chi connectivity index (χ4n) is 1.31. The molecule has 0 atom stereocenters. The number of ether oxygens (including phenoxy) is 3. The summed E-state index contributed by atoms with van der Waals surface area (Å²) in [5.74, 6) is 0. The molecule has 88 valence electrons. The lowest BCUT2D eigenvalue weighted by molar-refractivity contribution is -0.0976. The van der Waals surface area contributed by atoms with E-state index in [2.05, 4.69) is 5.32 Å². The first-order chi connectivity index (χ1) is 7.27. The number of nitrogens with one attached hydrogen (secondary N) is 1. The van der Waals surface area contributed by atoms with Gasteiger partial charge in [0.05, 0.1) is 19.8 Å². The minimum atomic E-state index is -0.394. The first-order valence-electron chi connectivity index (χ1n) is 4.94. The van der Waals surface area contributed by atoms with Gasteiger partial charge in [0.25, 0.3) is 0 Å². The van der Waals surface area contributed by atoms with Gasteiger partial charge in [0.1, 0.15) is 0 Å². The maximum atomic E-state index is 11.6. The van der Waals surface area contributed by atoms with Crippen LogP contribution < -0.4 is 5.32 Å². The standard InChI is InChI=1S/C9H18N2O4/c1-13-8(14-2)7-10-9(12)11-3-5-15-6-4-11/h8H,3-7H2,1-2H3,(H,10,12). The van der Waals surface area contributed by atoms with Crippen molar-refractivity contribution in [2.45, 2.75) is 6.29 Å². The Morgan fingerprint density at radius 3 is 2.53 bits per heavy atom. The van der Waals surface area contributed by atoms with Crippen LogP contribution in [0.5, 0.6) is 0 Å². The van der Waals surface area contributed by atoms with Crippen LogP contribution in [0.3, 0.4) is 0 Å². The lowest BCUT2D eigenvalue weighted by atomic mass is 10.4. The predicted molar refractivity (Wildman–Crippen MR) is 53.6 cm³/mol. The van der Waals surface area contributed by atoms with E-state index in [1.54, 1.807) is 4.90 Å². The highest BCUT2D eigenvalue weighted by Crippen LogP contribution is 1.97. The molecule has 0 saturated carbocycles. The Labute approximate surface area is 89.5 Å². The van der Waals surface area contributed by atoms with Gasteiger partial charge in [-0.25, -0.2) is 4.79 Å². The normalized spacial score (nSPS) is 16.9. The van der Waals surface area contributed by atoms with Crippen molar-refractivity contribution < 1.29 is 19.0 Å². The van der Waals surface area contributed by atoms with Gasteiger partial charge in [-0.05, 0) is 0 Å². The molecule has 1 rings (SSSR count). The molecule has 2 amide bonds. The lowest BCUT2D eigenvalue weighted by Crippen LogP contribution is -2.48. The smallest absolute Gasteiger partial charge is 0.317 e. The lowest BCUT2D eigenvalue weighted by Gasteiger charge is -2.27. The number of rotatable bonds is 4. The van der Waals surface area contributed by atoms with Crippen LogP contribution in [0, 0.1) is 0 Å². The van der Waals surface area contributed by atoms with Crippen LogP contribution in [0.1, 0.15) is 0 Å². The number of carbonyl (C=O) groups is 1. The zero-order valence-electron chi connectivity index (χ0n) is 9.19. The van der Waals surface area contributed by atoms with Crippen molar-refractivity contribution in [2.24, 2.45) is 0 Å². The van der Waals surface area contributed by atoms with Crippen molar-refractivity contribution in [3.05, 3.63) is 0 Å². The van der Waals surface area contributed by atoms with E-state index in [9.17, 15) is 4.79 Å². The van der Waals surface area contributed by atoms with Gasteiger partial charge in [-0.3, -0.25) is 0 Å². The molecule has 1 N–H and O–H groups in total. The fourth-order valence-corrected chi connectivity index (χ4v) is 1.31. The maximum absolute atomic E-state index is 11.6. The van der Waals surface area contributed by atoms with Gasteiger partial charge < -0.3 is 24.4 Å². The van der Waals surface area contributed by atoms with E-state index in [1.807, 2.05) is 0 Å². The Bertz CT molecular complexity index is 191. The van der Waals surface area contributed by atoms with E-state index in [0.29, 0.717) is 32.8 Å². The topological polar surface area (TPSA) is 60.0 Å². The van der Waals surface area contributed by atoms with E-state index in [-0.39, 0.29) is 6.03 Å². The Kier molecular flexibility index (Phi) is 5.38. The van der Waals surface area contributed by atoms with Crippen molar-refractivity contribution in [3.63, 3.8) is 0 Å². The molecular weight excluding hydrogens is 200 g/mol. The fraction of sp³-hybridized carbons (Fsp3) is 0.889. The highest BCUT2D eigenvalue weighted by molar-refractivity contribution is 5.74. The second-order valence-electron chi connectivity index (χ2n) is 3.19. The third-order valence-corrected chi connectivity index (χ3v) is 2.24. The monoisotopic (exact) mass is 218 g/mol. The molecule has 1 saturated heterocycles. The largest absolute Gasteiger partial charge is 0.378 e. The number of urea groups is 1. The van der Waals surface area contributed by atoms with Crippen LogP contribution in [0.2, 0.25) is 0 Å². The third kappa shape index (κ3) is 4.03. The number of carbonyl (C=O) groups excluding carboxylic acids is 1. The van der Waals surface area contributed by atoms with Crippen molar-refractivity contribution in [1.29, 1.82) is 0 Å². The molecule has 1 aliphatic heterocycles. The number of amides is 2. The van der Waals surface area contributed by atoms with Crippen LogP contribution >= 0.6 is 0 Å². The molecule has 1 heterocycles. The van der Waals surface area contributed by atoms with Gasteiger partial charge in [-0.15, -0.1) is 0 Å². The van der Waals surface area contributed by atoms with E-state index < -0.39 is 6.29 Å². The molecule has 0 unspecified atom stereocenters. The summed E-state index contributed by atoms with van der Waals surface area (Å²) < 4.78 is 15.1. The molecule has 15 heavy (non-hydrogen) atoms. The van der Waals surface area contributed by atoms with Crippen LogP contribution in [-0.4, -0.2) is 64.3 Å². The quantitative estimate of drug-likeness (QED) is 0.655. The molecule has 6 nitrogen and oxygen atoms in total. The number of hydrogen-bond donors (Lipinski definition) is 1. The van der Waals surface area contributed by atoms with Gasteiger partial charge >= 0.3 is 6.03 Å². The van der Waals surface area contributed by atoms with E-state index in [0.717, 1.165) is 0 Å². The van der Waals surface area contributed by atoms with E-state index in [4.69, 9.17) is 14.2 Å². The number of morpholine rings is 1. The molecule has 0 bridgehead atoms. The Morgan fingerprint density at radius 1 is 1.40 bits per heavy atom. The minimum Gasteiger partial charge on any atom is -0.378 e. The molecule has 0 aromatic rings. The van der Waals surface area contributed by atoms with E-state index in [1.165, 1.54) is 14.2 Å². The second-order valence-corrected chi connectivity index (χ2v) is 3.19. The summed E-state index contributed by atoms with van der Waals surface area (Å²) in [5.41, 5.74) is 0. The molecule has 0 aromatic heterocycles. The van der Waals surface area contributed by atoms with Crippen molar-refractivity contribution >= 4 is 6.03 Å². The zero-order valence-corrected chi connectivity index (χ0v) is 9.19. The molecule has 1 aliphatic rings. The molecule has 0 spiro atoms. The highest BCUT2D eigenvalue weighted by atomic mass is 16.7. The first-order valence-corrected chi connectivity index (χ1v) is 4.94. The van der Waals surface area contributed by atoms with E-state index >= 15 is 0 Å².